The molecular weight excluding hydrogens is 220 g/mol. The molecule has 1 saturated heterocycles. The number of pyridine rings is 1. The average Bonchev–Trinajstić information content (AvgIpc) is 2.33. The van der Waals surface area contributed by atoms with Crippen LogP contribution in [0.25, 0.3) is 0 Å². The van der Waals surface area contributed by atoms with Crippen LogP contribution in [0.2, 0.25) is 0 Å². The second kappa shape index (κ2) is 5.08. The minimum absolute atomic E-state index is 0.435. The predicted molar refractivity (Wildman–Crippen MR) is 67.3 cm³/mol. The lowest BCUT2D eigenvalue weighted by Gasteiger charge is -2.23. The van der Waals surface area contributed by atoms with Gasteiger partial charge in [-0.25, -0.2) is 4.98 Å². The fourth-order valence-electron chi connectivity index (χ4n) is 1.72. The van der Waals surface area contributed by atoms with Gasteiger partial charge in [-0.1, -0.05) is 0 Å². The van der Waals surface area contributed by atoms with Gasteiger partial charge in [0.2, 0.25) is 0 Å². The molecule has 2 heterocycles. The van der Waals surface area contributed by atoms with E-state index in [-0.39, 0.29) is 0 Å². The van der Waals surface area contributed by atoms with Gasteiger partial charge >= 0.3 is 0 Å². The molecule has 4 nitrogen and oxygen atoms in total. The number of nitrogens with zero attached hydrogens (tertiary/aromatic N) is 2. The molecule has 0 radical (unpaired) electrons. The summed E-state index contributed by atoms with van der Waals surface area (Å²) in [6, 6.07) is 4.14. The molecule has 0 saturated carbocycles. The van der Waals surface area contributed by atoms with Crippen molar-refractivity contribution in [2.75, 3.05) is 22.6 Å². The Kier molecular flexibility index (Phi) is 3.52. The predicted octanol–water partition coefficient (Wildman–Crippen LogP) is 1.84. The molecule has 0 spiro atoms. The lowest BCUT2D eigenvalue weighted by molar-refractivity contribution is 0.664. The Balaban J connectivity index is 2.12. The second-order valence-electron chi connectivity index (χ2n) is 3.76. The van der Waals surface area contributed by atoms with Crippen LogP contribution in [0.15, 0.2) is 12.3 Å². The molecule has 0 unspecified atom stereocenters. The number of hydrogen-bond acceptors (Lipinski definition) is 5. The van der Waals surface area contributed by atoms with Crippen LogP contribution in [0.3, 0.4) is 0 Å². The fourth-order valence-corrected chi connectivity index (χ4v) is 2.83. The topological polar surface area (TPSA) is 74.7 Å². The van der Waals surface area contributed by atoms with Gasteiger partial charge in [-0.05, 0) is 30.4 Å². The molecule has 1 aromatic rings. The number of thioether (sulfide) groups is 1. The Hall–Kier alpha value is -1.41. The zero-order valence-corrected chi connectivity index (χ0v) is 9.76. The first-order valence-electron chi connectivity index (χ1n) is 5.30. The summed E-state index contributed by atoms with van der Waals surface area (Å²) >= 11 is 1.98. The highest BCUT2D eigenvalue weighted by molar-refractivity contribution is 7.99. The SMILES string of the molecule is N#Cc1ccnc(NC2CCSCC2)c1N. The Bertz CT molecular complexity index is 407. The zero-order valence-electron chi connectivity index (χ0n) is 8.94. The van der Waals surface area contributed by atoms with Crippen LogP contribution in [0.4, 0.5) is 11.5 Å². The molecule has 84 valence electrons. The molecule has 16 heavy (non-hydrogen) atoms. The Morgan fingerprint density at radius 1 is 1.50 bits per heavy atom. The van der Waals surface area contributed by atoms with Crippen LogP contribution < -0.4 is 11.1 Å². The summed E-state index contributed by atoms with van der Waals surface area (Å²) in [5.74, 6) is 3.00. The van der Waals surface area contributed by atoms with E-state index >= 15 is 0 Å². The van der Waals surface area contributed by atoms with Gasteiger partial charge < -0.3 is 11.1 Å². The molecule has 1 aromatic heterocycles. The highest BCUT2D eigenvalue weighted by Crippen LogP contribution is 2.24. The average molecular weight is 234 g/mol. The third kappa shape index (κ3) is 2.39. The smallest absolute Gasteiger partial charge is 0.150 e. The van der Waals surface area contributed by atoms with Gasteiger partial charge in [-0.3, -0.25) is 0 Å². The number of rotatable bonds is 2. The maximum Gasteiger partial charge on any atom is 0.150 e. The summed E-state index contributed by atoms with van der Waals surface area (Å²) in [5.41, 5.74) is 6.81. The molecule has 5 heteroatoms. The molecule has 1 aliphatic rings. The van der Waals surface area contributed by atoms with Gasteiger partial charge in [0.05, 0.1) is 11.3 Å². The number of hydrogen-bond donors (Lipinski definition) is 2. The van der Waals surface area contributed by atoms with Crippen molar-refractivity contribution in [1.29, 1.82) is 5.26 Å². The van der Waals surface area contributed by atoms with Crippen LogP contribution in [0.1, 0.15) is 18.4 Å². The highest BCUT2D eigenvalue weighted by atomic mass is 32.2. The number of aromatic nitrogens is 1. The van der Waals surface area contributed by atoms with Gasteiger partial charge in [-0.2, -0.15) is 17.0 Å². The Morgan fingerprint density at radius 3 is 2.94 bits per heavy atom. The van der Waals surface area contributed by atoms with E-state index in [0.29, 0.717) is 23.1 Å². The summed E-state index contributed by atoms with van der Waals surface area (Å²) in [4.78, 5) is 4.19. The van der Waals surface area contributed by atoms with E-state index in [1.54, 1.807) is 12.3 Å². The van der Waals surface area contributed by atoms with Crippen LogP contribution in [0, 0.1) is 11.3 Å². The standard InChI is InChI=1S/C11H14N4S/c12-7-8-1-4-14-11(10(8)13)15-9-2-5-16-6-3-9/h1,4,9H,2-3,5-6,13H2,(H,14,15). The Labute approximate surface area is 99.2 Å². The molecule has 0 bridgehead atoms. The van der Waals surface area contributed by atoms with Gasteiger partial charge in [0.15, 0.2) is 5.82 Å². The van der Waals surface area contributed by atoms with E-state index in [0.717, 1.165) is 12.8 Å². The van der Waals surface area contributed by atoms with Crippen molar-refractivity contribution in [2.24, 2.45) is 0 Å². The third-order valence-corrected chi connectivity index (χ3v) is 3.72. The van der Waals surface area contributed by atoms with Crippen LogP contribution >= 0.6 is 11.8 Å². The third-order valence-electron chi connectivity index (χ3n) is 2.67. The molecule has 0 amide bonds. The maximum atomic E-state index is 8.86. The summed E-state index contributed by atoms with van der Waals surface area (Å²) in [5, 5.41) is 12.2. The van der Waals surface area contributed by atoms with Crippen molar-refractivity contribution in [2.45, 2.75) is 18.9 Å². The summed E-state index contributed by atoms with van der Waals surface area (Å²) in [7, 11) is 0. The zero-order chi connectivity index (χ0) is 11.4. The Morgan fingerprint density at radius 2 is 2.25 bits per heavy atom. The van der Waals surface area contributed by atoms with Crippen LogP contribution in [-0.4, -0.2) is 22.5 Å². The van der Waals surface area contributed by atoms with E-state index in [9.17, 15) is 0 Å². The number of nitrogen functional groups attached to an aromatic ring is 1. The molecular formula is C11H14N4S. The fraction of sp³-hybridized carbons (Fsp3) is 0.455. The van der Waals surface area contributed by atoms with Crippen LogP contribution in [0.5, 0.6) is 0 Å². The van der Waals surface area contributed by atoms with Crippen molar-refractivity contribution >= 4 is 23.3 Å². The highest BCUT2D eigenvalue weighted by Gasteiger charge is 2.15. The summed E-state index contributed by atoms with van der Waals surface area (Å²) in [6.07, 6.45) is 3.87. The van der Waals surface area contributed by atoms with E-state index in [1.807, 2.05) is 11.8 Å². The summed E-state index contributed by atoms with van der Waals surface area (Å²) in [6.45, 7) is 0. The molecule has 1 fully saturated rings. The molecule has 0 aromatic carbocycles. The first-order valence-corrected chi connectivity index (χ1v) is 6.45. The first kappa shape index (κ1) is 11.1. The number of nitriles is 1. The van der Waals surface area contributed by atoms with Crippen molar-refractivity contribution in [3.8, 4) is 6.07 Å². The van der Waals surface area contributed by atoms with Crippen molar-refractivity contribution in [3.63, 3.8) is 0 Å². The lowest BCUT2D eigenvalue weighted by Crippen LogP contribution is -2.25. The molecule has 1 aliphatic heterocycles. The quantitative estimate of drug-likeness (QED) is 0.816. The number of anilines is 2. The summed E-state index contributed by atoms with van der Waals surface area (Å²) < 4.78 is 0. The molecule has 3 N–H and O–H groups in total. The second-order valence-corrected chi connectivity index (χ2v) is 4.99. The van der Waals surface area contributed by atoms with Crippen molar-refractivity contribution in [3.05, 3.63) is 17.8 Å². The van der Waals surface area contributed by atoms with E-state index in [1.165, 1.54) is 11.5 Å². The van der Waals surface area contributed by atoms with E-state index in [4.69, 9.17) is 11.0 Å². The van der Waals surface area contributed by atoms with Crippen molar-refractivity contribution in [1.82, 2.24) is 4.98 Å². The first-order chi connectivity index (χ1) is 7.81. The molecule has 0 atom stereocenters. The monoisotopic (exact) mass is 234 g/mol. The largest absolute Gasteiger partial charge is 0.395 e. The number of nitrogens with one attached hydrogen (secondary N) is 1. The van der Waals surface area contributed by atoms with Gasteiger partial charge in [0.1, 0.15) is 6.07 Å². The normalized spacial score (nSPS) is 16.7. The molecule has 0 aliphatic carbocycles. The maximum absolute atomic E-state index is 8.86. The van der Waals surface area contributed by atoms with Gasteiger partial charge in [-0.15, -0.1) is 0 Å². The minimum atomic E-state index is 0.435. The van der Waals surface area contributed by atoms with Crippen molar-refractivity contribution < 1.29 is 0 Å². The van der Waals surface area contributed by atoms with E-state index in [2.05, 4.69) is 16.4 Å². The van der Waals surface area contributed by atoms with Crippen LogP contribution in [-0.2, 0) is 0 Å². The van der Waals surface area contributed by atoms with Gasteiger partial charge in [0.25, 0.3) is 0 Å². The van der Waals surface area contributed by atoms with E-state index < -0.39 is 0 Å². The lowest BCUT2D eigenvalue weighted by atomic mass is 10.1. The van der Waals surface area contributed by atoms with Gasteiger partial charge in [0, 0.05) is 12.2 Å². The minimum Gasteiger partial charge on any atom is -0.395 e. The molecule has 2 rings (SSSR count). The number of nitrogens with two attached hydrogens (primary N) is 1.